The number of rotatable bonds is 7. The van der Waals surface area contributed by atoms with Gasteiger partial charge in [0.2, 0.25) is 5.91 Å². The van der Waals surface area contributed by atoms with Gasteiger partial charge in [-0.1, -0.05) is 23.9 Å². The topological polar surface area (TPSA) is 121 Å². The molecule has 1 aromatic carbocycles. The lowest BCUT2D eigenvalue weighted by molar-refractivity contribution is -0.113. The fraction of sp³-hybridized carbons (Fsp3) is 0.294. The van der Waals surface area contributed by atoms with Crippen LogP contribution in [0.25, 0.3) is 0 Å². The summed E-state index contributed by atoms with van der Waals surface area (Å²) in [6.45, 7) is 1.54. The summed E-state index contributed by atoms with van der Waals surface area (Å²) < 4.78 is 4.68. The SMILES string of the molecule is COC(=O)c1ccccc1NC(=O)CSc1nc(C)c(CCO)c(=O)[nH]1. The number of ether oxygens (including phenoxy) is 1. The Labute approximate surface area is 154 Å². The van der Waals surface area contributed by atoms with Gasteiger partial charge in [-0.15, -0.1) is 0 Å². The number of thioether (sulfide) groups is 1. The van der Waals surface area contributed by atoms with Gasteiger partial charge in [-0.3, -0.25) is 9.59 Å². The number of amides is 1. The van der Waals surface area contributed by atoms with Crippen molar-refractivity contribution >= 4 is 29.3 Å². The summed E-state index contributed by atoms with van der Waals surface area (Å²) in [5, 5.41) is 11.9. The van der Waals surface area contributed by atoms with Crippen LogP contribution in [0.2, 0.25) is 0 Å². The number of para-hydroxylation sites is 1. The van der Waals surface area contributed by atoms with Gasteiger partial charge >= 0.3 is 5.97 Å². The van der Waals surface area contributed by atoms with E-state index in [-0.39, 0.29) is 35.8 Å². The van der Waals surface area contributed by atoms with Crippen LogP contribution in [0.4, 0.5) is 5.69 Å². The van der Waals surface area contributed by atoms with E-state index in [1.165, 1.54) is 7.11 Å². The van der Waals surface area contributed by atoms with E-state index < -0.39 is 5.97 Å². The zero-order valence-electron chi connectivity index (χ0n) is 14.4. The van der Waals surface area contributed by atoms with Crippen molar-refractivity contribution in [2.45, 2.75) is 18.5 Å². The Morgan fingerprint density at radius 1 is 1.35 bits per heavy atom. The maximum atomic E-state index is 12.2. The van der Waals surface area contributed by atoms with E-state index in [9.17, 15) is 14.4 Å². The molecule has 1 aromatic heterocycles. The maximum absolute atomic E-state index is 12.2. The number of esters is 1. The Morgan fingerprint density at radius 2 is 2.08 bits per heavy atom. The van der Waals surface area contributed by atoms with Gasteiger partial charge in [0.15, 0.2) is 5.16 Å². The Bertz CT molecular complexity index is 866. The summed E-state index contributed by atoms with van der Waals surface area (Å²) >= 11 is 1.07. The number of anilines is 1. The molecule has 0 saturated heterocycles. The second-order valence-corrected chi connectivity index (χ2v) is 6.25. The summed E-state index contributed by atoms with van der Waals surface area (Å²) in [5.41, 5.74) is 1.21. The summed E-state index contributed by atoms with van der Waals surface area (Å²) in [6, 6.07) is 6.51. The standard InChI is InChI=1S/C17H19N3O5S/c1-10-11(7-8-21)15(23)20-17(18-10)26-9-14(22)19-13-6-4-3-5-12(13)16(24)25-2/h3-6,21H,7-9H2,1-2H3,(H,19,22)(H,18,20,23). The number of carbonyl (C=O) groups is 2. The molecule has 0 aliphatic rings. The van der Waals surface area contributed by atoms with Crippen molar-refractivity contribution < 1.29 is 19.4 Å². The lowest BCUT2D eigenvalue weighted by Gasteiger charge is -2.09. The van der Waals surface area contributed by atoms with Crippen LogP contribution in [0.3, 0.4) is 0 Å². The van der Waals surface area contributed by atoms with Gasteiger partial charge in [-0.05, 0) is 19.1 Å². The molecule has 0 atom stereocenters. The lowest BCUT2D eigenvalue weighted by Crippen LogP contribution is -2.20. The summed E-state index contributed by atoms with van der Waals surface area (Å²) in [6.07, 6.45) is 0.226. The van der Waals surface area contributed by atoms with Crippen molar-refractivity contribution in [1.29, 1.82) is 0 Å². The zero-order valence-corrected chi connectivity index (χ0v) is 15.2. The van der Waals surface area contributed by atoms with Gasteiger partial charge in [0.25, 0.3) is 5.56 Å². The van der Waals surface area contributed by atoms with E-state index in [2.05, 4.69) is 20.0 Å². The number of methoxy groups -OCH3 is 1. The molecule has 8 nitrogen and oxygen atoms in total. The van der Waals surface area contributed by atoms with Crippen LogP contribution in [0.1, 0.15) is 21.6 Å². The number of benzene rings is 1. The fourth-order valence-corrected chi connectivity index (χ4v) is 2.97. The van der Waals surface area contributed by atoms with E-state index >= 15 is 0 Å². The fourth-order valence-electron chi connectivity index (χ4n) is 2.26. The molecule has 1 heterocycles. The monoisotopic (exact) mass is 377 g/mol. The number of nitrogens with zero attached hydrogens (tertiary/aromatic N) is 1. The minimum atomic E-state index is -0.547. The number of aryl methyl sites for hydroxylation is 1. The van der Waals surface area contributed by atoms with E-state index in [1.807, 2.05) is 0 Å². The molecule has 0 aliphatic heterocycles. The molecule has 9 heteroatoms. The highest BCUT2D eigenvalue weighted by Gasteiger charge is 2.14. The number of aliphatic hydroxyl groups is 1. The predicted molar refractivity (Wildman–Crippen MR) is 97.5 cm³/mol. The highest BCUT2D eigenvalue weighted by molar-refractivity contribution is 7.99. The smallest absolute Gasteiger partial charge is 0.339 e. The number of aromatic nitrogens is 2. The van der Waals surface area contributed by atoms with E-state index in [4.69, 9.17) is 5.11 Å². The van der Waals surface area contributed by atoms with Gasteiger partial charge in [-0.25, -0.2) is 9.78 Å². The van der Waals surface area contributed by atoms with Gasteiger partial charge in [-0.2, -0.15) is 0 Å². The van der Waals surface area contributed by atoms with E-state index in [0.29, 0.717) is 22.1 Å². The van der Waals surface area contributed by atoms with Crippen molar-refractivity contribution in [2.24, 2.45) is 0 Å². The predicted octanol–water partition coefficient (Wildman–Crippen LogP) is 1.13. The first-order chi connectivity index (χ1) is 12.5. The van der Waals surface area contributed by atoms with Crippen LogP contribution in [0.15, 0.2) is 34.2 Å². The average Bonchev–Trinajstić information content (AvgIpc) is 2.63. The number of H-pyrrole nitrogens is 1. The Kier molecular flexibility index (Phi) is 6.93. The van der Waals surface area contributed by atoms with Crippen LogP contribution in [-0.4, -0.2) is 46.4 Å². The molecular weight excluding hydrogens is 358 g/mol. The molecule has 0 saturated carbocycles. The Balaban J connectivity index is 2.04. The molecular formula is C17H19N3O5S. The largest absolute Gasteiger partial charge is 0.465 e. The molecule has 2 aromatic rings. The number of hydrogen-bond acceptors (Lipinski definition) is 7. The third kappa shape index (κ3) is 4.93. The summed E-state index contributed by atoms with van der Waals surface area (Å²) in [5.74, 6) is -0.905. The normalized spacial score (nSPS) is 10.4. The molecule has 26 heavy (non-hydrogen) atoms. The third-order valence-electron chi connectivity index (χ3n) is 3.51. The Morgan fingerprint density at radius 3 is 2.73 bits per heavy atom. The van der Waals surface area contributed by atoms with Crippen LogP contribution in [-0.2, 0) is 16.0 Å². The van der Waals surface area contributed by atoms with Crippen LogP contribution in [0, 0.1) is 6.92 Å². The van der Waals surface area contributed by atoms with Crippen molar-refractivity contribution in [3.63, 3.8) is 0 Å². The van der Waals surface area contributed by atoms with Crippen molar-refractivity contribution in [3.8, 4) is 0 Å². The number of aromatic amines is 1. The molecule has 0 fully saturated rings. The third-order valence-corrected chi connectivity index (χ3v) is 4.38. The van der Waals surface area contributed by atoms with E-state index in [1.54, 1.807) is 31.2 Å². The number of carbonyl (C=O) groups excluding carboxylic acids is 2. The van der Waals surface area contributed by atoms with Gasteiger partial charge < -0.3 is 20.1 Å². The highest BCUT2D eigenvalue weighted by Crippen LogP contribution is 2.18. The van der Waals surface area contributed by atoms with Crippen molar-refractivity contribution in [2.75, 3.05) is 24.8 Å². The number of nitrogens with one attached hydrogen (secondary N) is 2. The summed E-state index contributed by atoms with van der Waals surface area (Å²) in [4.78, 5) is 42.7. The first-order valence-electron chi connectivity index (χ1n) is 7.77. The minimum absolute atomic E-state index is 0.00274. The molecule has 0 bridgehead atoms. The molecule has 0 aliphatic carbocycles. The molecule has 0 unspecified atom stereocenters. The lowest BCUT2D eigenvalue weighted by atomic mass is 10.2. The first-order valence-corrected chi connectivity index (χ1v) is 8.75. The second-order valence-electron chi connectivity index (χ2n) is 5.28. The maximum Gasteiger partial charge on any atom is 0.339 e. The van der Waals surface area contributed by atoms with Gasteiger partial charge in [0, 0.05) is 24.3 Å². The molecule has 138 valence electrons. The first kappa shape index (κ1) is 19.7. The summed E-state index contributed by atoms with van der Waals surface area (Å²) in [7, 11) is 1.27. The van der Waals surface area contributed by atoms with Crippen molar-refractivity contribution in [1.82, 2.24) is 9.97 Å². The van der Waals surface area contributed by atoms with Gasteiger partial charge in [0.1, 0.15) is 0 Å². The van der Waals surface area contributed by atoms with Crippen LogP contribution in [0.5, 0.6) is 0 Å². The van der Waals surface area contributed by atoms with Crippen LogP contribution < -0.4 is 10.9 Å². The zero-order chi connectivity index (χ0) is 19.1. The average molecular weight is 377 g/mol. The second kappa shape index (κ2) is 9.16. The van der Waals surface area contributed by atoms with Crippen LogP contribution >= 0.6 is 11.8 Å². The van der Waals surface area contributed by atoms with E-state index in [0.717, 1.165) is 11.8 Å². The Hall–Kier alpha value is -2.65. The number of aliphatic hydroxyl groups excluding tert-OH is 1. The molecule has 1 amide bonds. The number of hydrogen-bond donors (Lipinski definition) is 3. The molecule has 2 rings (SSSR count). The van der Waals surface area contributed by atoms with Crippen molar-refractivity contribution in [3.05, 3.63) is 51.4 Å². The highest BCUT2D eigenvalue weighted by atomic mass is 32.2. The molecule has 0 radical (unpaired) electrons. The molecule has 0 spiro atoms. The van der Waals surface area contributed by atoms with Gasteiger partial charge in [0.05, 0.1) is 24.1 Å². The minimum Gasteiger partial charge on any atom is -0.465 e. The molecule has 3 N–H and O–H groups in total. The quantitative estimate of drug-likeness (QED) is 0.376.